The Bertz CT molecular complexity index is 1400. The molecule has 4 rings (SSSR count). The van der Waals surface area contributed by atoms with E-state index in [-0.39, 0.29) is 30.4 Å². The van der Waals surface area contributed by atoms with Crippen molar-refractivity contribution >= 4 is 39.1 Å². The van der Waals surface area contributed by atoms with Crippen molar-refractivity contribution in [3.8, 4) is 0 Å². The van der Waals surface area contributed by atoms with Gasteiger partial charge in [0.25, 0.3) is 5.56 Å². The van der Waals surface area contributed by atoms with E-state index in [0.717, 1.165) is 10.1 Å². The smallest absolute Gasteiger partial charge is 0.331 e. The Hall–Kier alpha value is -3.23. The lowest BCUT2D eigenvalue weighted by Crippen LogP contribution is -2.40. The van der Waals surface area contributed by atoms with Gasteiger partial charge in [-0.1, -0.05) is 48.0 Å². The molecule has 164 valence electrons. The summed E-state index contributed by atoms with van der Waals surface area (Å²) in [5.41, 5.74) is 1.01. The number of rotatable bonds is 7. The molecule has 2 aromatic carbocycles. The lowest BCUT2D eigenvalue weighted by atomic mass is 10.2. The highest BCUT2D eigenvalue weighted by Crippen LogP contribution is 2.21. The van der Waals surface area contributed by atoms with Crippen LogP contribution in [0.25, 0.3) is 10.2 Å². The first-order chi connectivity index (χ1) is 15.4. The molecule has 0 saturated heterocycles. The second-order valence-corrected chi connectivity index (χ2v) is 8.53. The molecule has 1 N–H and O–H groups in total. The topological polar surface area (TPSA) is 73.1 Å². The summed E-state index contributed by atoms with van der Waals surface area (Å²) in [5, 5.41) is 4.71. The van der Waals surface area contributed by atoms with Crippen molar-refractivity contribution in [2.75, 3.05) is 0 Å². The second kappa shape index (κ2) is 9.50. The van der Waals surface area contributed by atoms with Gasteiger partial charge in [0.2, 0.25) is 5.91 Å². The number of carbonyl (C=O) groups excluding carboxylic acids is 1. The first kappa shape index (κ1) is 22.0. The molecule has 0 radical (unpaired) electrons. The molecule has 9 heteroatoms. The molecule has 2 aromatic heterocycles. The average Bonchev–Trinajstić information content (AvgIpc) is 3.27. The van der Waals surface area contributed by atoms with Crippen molar-refractivity contribution in [3.63, 3.8) is 0 Å². The molecule has 1 amide bonds. The first-order valence-corrected chi connectivity index (χ1v) is 11.1. The van der Waals surface area contributed by atoms with Gasteiger partial charge in [-0.2, -0.15) is 0 Å². The minimum absolute atomic E-state index is 0.0177. The Morgan fingerprint density at radius 1 is 1.06 bits per heavy atom. The molecule has 0 aliphatic heterocycles. The van der Waals surface area contributed by atoms with Gasteiger partial charge in [-0.15, -0.1) is 11.3 Å². The summed E-state index contributed by atoms with van der Waals surface area (Å²) in [7, 11) is 0. The van der Waals surface area contributed by atoms with Crippen molar-refractivity contribution in [3.05, 3.63) is 103 Å². The monoisotopic (exact) mass is 471 g/mol. The van der Waals surface area contributed by atoms with E-state index < -0.39 is 17.1 Å². The lowest BCUT2D eigenvalue weighted by molar-refractivity contribution is -0.121. The van der Waals surface area contributed by atoms with Crippen LogP contribution in [-0.4, -0.2) is 15.0 Å². The number of hydrogen-bond donors (Lipinski definition) is 1. The number of fused-ring (bicyclic) bond motifs is 1. The van der Waals surface area contributed by atoms with Gasteiger partial charge in [0, 0.05) is 24.5 Å². The second-order valence-electron chi connectivity index (χ2n) is 7.21. The number of hydrogen-bond acceptors (Lipinski definition) is 4. The number of halogens is 2. The fraction of sp³-hybridized carbons (Fsp3) is 0.174. The molecule has 0 spiro atoms. The van der Waals surface area contributed by atoms with Gasteiger partial charge in [0.1, 0.15) is 10.5 Å². The highest BCUT2D eigenvalue weighted by Gasteiger charge is 2.16. The van der Waals surface area contributed by atoms with Crippen LogP contribution < -0.4 is 16.6 Å². The van der Waals surface area contributed by atoms with Crippen LogP contribution in [0.2, 0.25) is 5.02 Å². The van der Waals surface area contributed by atoms with Crippen molar-refractivity contribution in [2.45, 2.75) is 26.1 Å². The van der Waals surface area contributed by atoms with E-state index >= 15 is 0 Å². The van der Waals surface area contributed by atoms with Crippen molar-refractivity contribution in [1.29, 1.82) is 0 Å². The van der Waals surface area contributed by atoms with Crippen molar-refractivity contribution in [2.24, 2.45) is 0 Å². The Morgan fingerprint density at radius 3 is 2.59 bits per heavy atom. The fourth-order valence-corrected chi connectivity index (χ4v) is 4.47. The summed E-state index contributed by atoms with van der Waals surface area (Å²) in [4.78, 5) is 38.3. The minimum Gasteiger partial charge on any atom is -0.352 e. The zero-order valence-electron chi connectivity index (χ0n) is 16.9. The van der Waals surface area contributed by atoms with E-state index in [1.165, 1.54) is 34.1 Å². The van der Waals surface area contributed by atoms with Crippen molar-refractivity contribution < 1.29 is 9.18 Å². The minimum atomic E-state index is -0.544. The number of carbonyl (C=O) groups is 1. The normalized spacial score (nSPS) is 11.1. The number of aromatic nitrogens is 2. The first-order valence-electron chi connectivity index (χ1n) is 9.89. The Morgan fingerprint density at radius 2 is 1.84 bits per heavy atom. The predicted molar refractivity (Wildman–Crippen MR) is 124 cm³/mol. The van der Waals surface area contributed by atoms with E-state index in [2.05, 4.69) is 5.32 Å². The van der Waals surface area contributed by atoms with Gasteiger partial charge in [-0.25, -0.2) is 9.18 Å². The summed E-state index contributed by atoms with van der Waals surface area (Å²) >= 11 is 7.37. The van der Waals surface area contributed by atoms with Crippen LogP contribution in [0.3, 0.4) is 0 Å². The zero-order chi connectivity index (χ0) is 22.7. The quantitative estimate of drug-likeness (QED) is 0.446. The SMILES string of the molecule is O=C(CCn1c(=O)c2sccc2n(Cc2ccc(F)cc2Cl)c1=O)NCc1ccccc1. The summed E-state index contributed by atoms with van der Waals surface area (Å²) in [5.74, 6) is -0.738. The van der Waals surface area contributed by atoms with Crippen LogP contribution in [0.1, 0.15) is 17.5 Å². The van der Waals surface area contributed by atoms with E-state index in [1.54, 1.807) is 11.4 Å². The highest BCUT2D eigenvalue weighted by molar-refractivity contribution is 7.17. The van der Waals surface area contributed by atoms with Gasteiger partial charge < -0.3 is 5.32 Å². The number of benzene rings is 2. The molecule has 0 saturated carbocycles. The zero-order valence-corrected chi connectivity index (χ0v) is 18.5. The number of amides is 1. The maximum atomic E-state index is 13.4. The van der Waals surface area contributed by atoms with Crippen LogP contribution in [0.5, 0.6) is 0 Å². The van der Waals surface area contributed by atoms with Crippen LogP contribution in [0, 0.1) is 5.82 Å². The number of nitrogens with zero attached hydrogens (tertiary/aromatic N) is 2. The molecule has 0 aliphatic rings. The van der Waals surface area contributed by atoms with Gasteiger partial charge in [-0.3, -0.25) is 18.7 Å². The van der Waals surface area contributed by atoms with Gasteiger partial charge in [-0.05, 0) is 34.7 Å². The van der Waals surface area contributed by atoms with Crippen LogP contribution in [0.4, 0.5) is 4.39 Å². The molecule has 6 nitrogen and oxygen atoms in total. The third-order valence-electron chi connectivity index (χ3n) is 5.07. The Kier molecular flexibility index (Phi) is 6.53. The Labute approximate surface area is 191 Å². The third kappa shape index (κ3) is 4.66. The van der Waals surface area contributed by atoms with Gasteiger partial charge >= 0.3 is 5.69 Å². The molecule has 0 bridgehead atoms. The van der Waals surface area contributed by atoms with Gasteiger partial charge in [0.15, 0.2) is 0 Å². The molecular weight excluding hydrogens is 453 g/mol. The largest absolute Gasteiger partial charge is 0.352 e. The summed E-state index contributed by atoms with van der Waals surface area (Å²) in [6.07, 6.45) is -0.0177. The van der Waals surface area contributed by atoms with E-state index in [1.807, 2.05) is 30.3 Å². The maximum absolute atomic E-state index is 13.4. The molecule has 0 fully saturated rings. The predicted octanol–water partition coefficient (Wildman–Crippen LogP) is 3.77. The van der Waals surface area contributed by atoms with Crippen LogP contribution in [0.15, 0.2) is 69.6 Å². The van der Waals surface area contributed by atoms with Gasteiger partial charge in [0.05, 0.1) is 12.1 Å². The van der Waals surface area contributed by atoms with E-state index in [4.69, 9.17) is 11.6 Å². The lowest BCUT2D eigenvalue weighted by Gasteiger charge is -2.13. The molecule has 32 heavy (non-hydrogen) atoms. The average molecular weight is 472 g/mol. The van der Waals surface area contributed by atoms with Crippen LogP contribution in [-0.2, 0) is 24.4 Å². The number of nitrogens with one attached hydrogen (secondary N) is 1. The summed E-state index contributed by atoms with van der Waals surface area (Å²) in [6, 6.07) is 15.1. The van der Waals surface area contributed by atoms with Crippen LogP contribution >= 0.6 is 22.9 Å². The van der Waals surface area contributed by atoms with E-state index in [9.17, 15) is 18.8 Å². The molecule has 0 atom stereocenters. The number of thiophene rings is 1. The fourth-order valence-electron chi connectivity index (χ4n) is 3.40. The molecular formula is C23H19ClFN3O3S. The summed E-state index contributed by atoms with van der Waals surface area (Å²) < 4.78 is 16.3. The molecule has 4 aromatic rings. The highest BCUT2D eigenvalue weighted by atomic mass is 35.5. The molecule has 2 heterocycles. The third-order valence-corrected chi connectivity index (χ3v) is 6.32. The maximum Gasteiger partial charge on any atom is 0.331 e. The molecule has 0 aliphatic carbocycles. The molecule has 0 unspecified atom stereocenters. The summed E-state index contributed by atoms with van der Waals surface area (Å²) in [6.45, 7) is 0.390. The Balaban J connectivity index is 1.58. The standard InChI is InChI=1S/C23H19ClFN3O3S/c24-18-12-17(25)7-6-16(18)14-28-19-9-11-32-21(19)22(30)27(23(28)31)10-8-20(29)26-13-15-4-2-1-3-5-15/h1-7,9,11-12H,8,10,13-14H2,(H,26,29). The van der Waals surface area contributed by atoms with Crippen molar-refractivity contribution in [1.82, 2.24) is 14.5 Å². The van der Waals surface area contributed by atoms with E-state index in [0.29, 0.717) is 22.3 Å².